The van der Waals surface area contributed by atoms with Crippen LogP contribution in [0, 0.1) is 13.8 Å². The third-order valence-electron chi connectivity index (χ3n) is 11.0. The maximum atomic E-state index is 14.2. The van der Waals surface area contributed by atoms with Crippen LogP contribution in [-0.2, 0) is 14.3 Å². The molecule has 0 radical (unpaired) electrons. The molecule has 0 fully saturated rings. The van der Waals surface area contributed by atoms with Crippen molar-refractivity contribution in [2.24, 2.45) is 0 Å². The van der Waals surface area contributed by atoms with Gasteiger partial charge in [0.05, 0.1) is 23.8 Å². The zero-order valence-corrected chi connectivity index (χ0v) is 30.0. The van der Waals surface area contributed by atoms with Crippen molar-refractivity contribution in [1.82, 2.24) is 25.3 Å². The average Bonchev–Trinajstić information content (AvgIpc) is 3.82. The summed E-state index contributed by atoms with van der Waals surface area (Å²) in [5.41, 5.74) is 8.84. The van der Waals surface area contributed by atoms with Gasteiger partial charge in [0.1, 0.15) is 5.92 Å². The molecule has 5 heterocycles. The highest BCUT2D eigenvalue weighted by Gasteiger charge is 2.45. The van der Waals surface area contributed by atoms with E-state index in [9.17, 15) is 19.2 Å². The van der Waals surface area contributed by atoms with Crippen LogP contribution >= 0.6 is 0 Å². The van der Waals surface area contributed by atoms with E-state index in [1.165, 1.54) is 7.11 Å². The average molecular weight is 682 g/mol. The fourth-order valence-electron chi connectivity index (χ4n) is 8.17. The van der Waals surface area contributed by atoms with Gasteiger partial charge in [0.15, 0.2) is 11.6 Å². The fraction of sp³-hybridized carbons (Fsp3) is 0.487. The number of aromatic amines is 2. The van der Waals surface area contributed by atoms with Gasteiger partial charge < -0.3 is 25.1 Å². The molecule has 0 spiro atoms. The molecule has 3 aliphatic rings. The van der Waals surface area contributed by atoms with Crippen LogP contribution in [0.2, 0.25) is 0 Å². The zero-order valence-electron chi connectivity index (χ0n) is 30.0. The van der Waals surface area contributed by atoms with E-state index in [1.807, 2.05) is 39.0 Å². The molecule has 3 aromatic heterocycles. The summed E-state index contributed by atoms with van der Waals surface area (Å²) in [4.78, 5) is 70.9. The van der Waals surface area contributed by atoms with Crippen molar-refractivity contribution in [2.75, 3.05) is 20.3 Å². The lowest BCUT2D eigenvalue weighted by Gasteiger charge is -2.19. The van der Waals surface area contributed by atoms with Crippen LogP contribution in [0.25, 0.3) is 22.1 Å². The Morgan fingerprint density at radius 3 is 2.26 bits per heavy atom. The number of nitrogens with zero attached hydrogens (tertiary/aromatic N) is 2. The summed E-state index contributed by atoms with van der Waals surface area (Å²) in [6, 6.07) is 5.93. The van der Waals surface area contributed by atoms with Gasteiger partial charge in [-0.3, -0.25) is 29.1 Å². The lowest BCUT2D eigenvalue weighted by atomic mass is 9.84. The molecule has 0 saturated carbocycles. The lowest BCUT2D eigenvalue weighted by molar-refractivity contribution is -0.141. The number of unbranched alkanes of at least 4 members (excludes halogenated alkanes) is 1. The van der Waals surface area contributed by atoms with Crippen LogP contribution in [-0.4, -0.2) is 68.7 Å². The smallest absolute Gasteiger partial charge is 0.321 e. The Bertz CT molecular complexity index is 2060. The molecule has 5 atom stereocenters. The minimum atomic E-state index is -1.20. The number of fused-ring (bicyclic) bond motifs is 8. The number of hydrogen-bond donors (Lipinski definition) is 4. The van der Waals surface area contributed by atoms with Crippen LogP contribution in [0.1, 0.15) is 150 Å². The molecule has 5 unspecified atom stereocenters. The second-order valence-corrected chi connectivity index (χ2v) is 14.0. The van der Waals surface area contributed by atoms with Crippen molar-refractivity contribution >= 4 is 45.5 Å². The third-order valence-corrected chi connectivity index (χ3v) is 11.0. The van der Waals surface area contributed by atoms with Crippen LogP contribution < -0.4 is 5.32 Å². The number of rotatable bonds is 10. The van der Waals surface area contributed by atoms with Crippen LogP contribution in [0.5, 0.6) is 0 Å². The summed E-state index contributed by atoms with van der Waals surface area (Å²) < 4.78 is 5.20. The molecule has 8 bridgehead atoms. The molecule has 264 valence electrons. The molecule has 1 amide bonds. The minimum Gasteiger partial charge on any atom is -0.468 e. The van der Waals surface area contributed by atoms with Crippen LogP contribution in [0.15, 0.2) is 18.2 Å². The number of ether oxygens (including phenoxy) is 1. The summed E-state index contributed by atoms with van der Waals surface area (Å²) >= 11 is 0. The van der Waals surface area contributed by atoms with E-state index in [4.69, 9.17) is 19.8 Å². The van der Waals surface area contributed by atoms with E-state index >= 15 is 0 Å². The van der Waals surface area contributed by atoms with Gasteiger partial charge in [0.2, 0.25) is 5.91 Å². The van der Waals surface area contributed by atoms with Crippen molar-refractivity contribution in [3.05, 3.63) is 68.8 Å². The molecule has 3 aromatic rings. The molecule has 6 rings (SSSR count). The first-order valence-corrected chi connectivity index (χ1v) is 17.7. The highest BCUT2D eigenvalue weighted by Crippen LogP contribution is 2.48. The second-order valence-electron chi connectivity index (χ2n) is 14.0. The van der Waals surface area contributed by atoms with Crippen molar-refractivity contribution in [3.63, 3.8) is 0 Å². The Hall–Kier alpha value is -4.64. The van der Waals surface area contributed by atoms with E-state index in [1.54, 1.807) is 6.92 Å². The molecule has 50 heavy (non-hydrogen) atoms. The Morgan fingerprint density at radius 1 is 0.920 bits per heavy atom. The normalized spacial score (nSPS) is 21.0. The molecule has 4 N–H and O–H groups in total. The number of hydrogen-bond acceptors (Lipinski definition) is 8. The van der Waals surface area contributed by atoms with Gasteiger partial charge in [0.25, 0.3) is 0 Å². The van der Waals surface area contributed by atoms with Gasteiger partial charge in [-0.2, -0.15) is 0 Å². The maximum absolute atomic E-state index is 14.2. The second kappa shape index (κ2) is 13.9. The largest absolute Gasteiger partial charge is 0.468 e. The monoisotopic (exact) mass is 681 g/mol. The quantitative estimate of drug-likeness (QED) is 0.0821. The highest BCUT2D eigenvalue weighted by molar-refractivity contribution is 6.23. The number of H-pyrrole nitrogens is 2. The number of carbonyl (C=O) groups is 4. The number of amides is 1. The lowest BCUT2D eigenvalue weighted by Crippen LogP contribution is -2.25. The first-order valence-electron chi connectivity index (χ1n) is 17.7. The number of carbonyl (C=O) groups excluding carboxylic acids is 4. The molecular weight excluding hydrogens is 634 g/mol. The standard InChI is InChI=1S/C39H47N5O6/c1-8-23-18(2)25-17-30-32(22(6)46)20(4)27(42-30)15-26-19(3)24(11-12-31(47)40-13-9-10-14-45)36(43-26)34-35(39(49)50-7)38(48)33-21(5)28(44-37(33)34)16-29(23)41-25/h15-19,23-24,35,42,44-45H,8-14H2,1-7H3,(H,40,47). The van der Waals surface area contributed by atoms with Crippen molar-refractivity contribution in [2.45, 2.75) is 103 Å². The number of nitrogens with one attached hydrogen (secondary N) is 3. The number of methoxy groups -OCH3 is 1. The first-order chi connectivity index (χ1) is 23.9. The summed E-state index contributed by atoms with van der Waals surface area (Å²) in [5, 5.41) is 12.0. The van der Waals surface area contributed by atoms with Crippen molar-refractivity contribution in [1.29, 1.82) is 0 Å². The SMILES string of the molecule is CCC1c2cc3[nH]c4c(c3C)C(=O)C(C(=O)OC)c4c3nc(cc4[nH]c(cc(n2)C1C)c(C(C)=O)c4C)C(C)C3CCC(=O)NCCCCO. The van der Waals surface area contributed by atoms with Crippen LogP contribution in [0.3, 0.4) is 0 Å². The molecule has 0 aromatic carbocycles. The fourth-order valence-corrected chi connectivity index (χ4v) is 8.17. The number of aromatic nitrogens is 4. The Labute approximate surface area is 291 Å². The van der Waals surface area contributed by atoms with Gasteiger partial charge in [-0.05, 0) is 75.8 Å². The van der Waals surface area contributed by atoms with Crippen LogP contribution in [0.4, 0.5) is 0 Å². The van der Waals surface area contributed by atoms with E-state index < -0.39 is 11.9 Å². The number of aliphatic hydroxyl groups excluding tert-OH is 1. The van der Waals surface area contributed by atoms with Gasteiger partial charge in [-0.25, -0.2) is 0 Å². The zero-order chi connectivity index (χ0) is 36.0. The number of Topliss-reactive ketones (excluding diaryl/α,β-unsaturated/α-hetero) is 2. The van der Waals surface area contributed by atoms with Gasteiger partial charge in [-0.1, -0.05) is 20.8 Å². The number of aliphatic hydroxyl groups is 1. The van der Waals surface area contributed by atoms with Gasteiger partial charge >= 0.3 is 5.97 Å². The Morgan fingerprint density at radius 2 is 1.58 bits per heavy atom. The van der Waals surface area contributed by atoms with E-state index in [0.29, 0.717) is 64.9 Å². The molecular formula is C39H47N5O6. The highest BCUT2D eigenvalue weighted by atomic mass is 16.5. The Balaban J connectivity index is 1.66. The third kappa shape index (κ3) is 5.95. The first kappa shape index (κ1) is 35.2. The van der Waals surface area contributed by atoms with Gasteiger partial charge in [0, 0.05) is 88.0 Å². The molecule has 11 nitrogen and oxygen atoms in total. The molecule has 2 aliphatic heterocycles. The molecule has 0 saturated heterocycles. The number of esters is 1. The van der Waals surface area contributed by atoms with E-state index in [2.05, 4.69) is 29.1 Å². The topological polar surface area (TPSA) is 167 Å². The number of aryl methyl sites for hydroxylation is 2. The summed E-state index contributed by atoms with van der Waals surface area (Å²) in [7, 11) is 1.28. The molecule has 1 aliphatic carbocycles. The van der Waals surface area contributed by atoms with E-state index in [-0.39, 0.29) is 54.2 Å². The summed E-state index contributed by atoms with van der Waals surface area (Å²) in [5.74, 6) is -2.64. The molecule has 11 heteroatoms. The predicted octanol–water partition coefficient (Wildman–Crippen LogP) is 6.44. The minimum absolute atomic E-state index is 0.0594. The maximum Gasteiger partial charge on any atom is 0.321 e. The Kier molecular flexibility index (Phi) is 9.81. The van der Waals surface area contributed by atoms with Gasteiger partial charge in [-0.15, -0.1) is 0 Å². The summed E-state index contributed by atoms with van der Waals surface area (Å²) in [6.07, 6.45) is 2.77. The predicted molar refractivity (Wildman–Crippen MR) is 191 cm³/mol. The van der Waals surface area contributed by atoms with Crippen molar-refractivity contribution < 1.29 is 29.0 Å². The number of ketones is 2. The van der Waals surface area contributed by atoms with E-state index in [0.717, 1.165) is 40.0 Å². The van der Waals surface area contributed by atoms with Crippen molar-refractivity contribution in [3.8, 4) is 0 Å². The summed E-state index contributed by atoms with van der Waals surface area (Å²) in [6.45, 7) is 12.2.